The molecule has 1 saturated heterocycles. The molecule has 9 nitrogen and oxygen atoms in total. The number of hydrogen-bond donors (Lipinski definition) is 1. The van der Waals surface area contributed by atoms with Gasteiger partial charge in [0, 0.05) is 37.8 Å². The zero-order valence-corrected chi connectivity index (χ0v) is 25.8. The summed E-state index contributed by atoms with van der Waals surface area (Å²) >= 11 is 0. The summed E-state index contributed by atoms with van der Waals surface area (Å²) in [5.74, 6) is -1.38. The number of carboxylic acid groups (broad SMARTS) is 1. The van der Waals surface area contributed by atoms with Crippen molar-refractivity contribution in [3.8, 4) is 11.1 Å². The number of piperazine rings is 1. The van der Waals surface area contributed by atoms with Gasteiger partial charge in [-0.3, -0.25) is 4.79 Å². The lowest BCUT2D eigenvalue weighted by Crippen LogP contribution is -2.49. The number of aliphatic carboxylic acids is 1. The summed E-state index contributed by atoms with van der Waals surface area (Å²) in [5.41, 5.74) is 7.34. The summed E-state index contributed by atoms with van der Waals surface area (Å²) in [4.78, 5) is 40.7. The lowest BCUT2D eigenvalue weighted by atomic mass is 9.98. The molecule has 1 N–H and O–H groups in total. The van der Waals surface area contributed by atoms with Crippen LogP contribution in [-0.4, -0.2) is 73.0 Å². The summed E-state index contributed by atoms with van der Waals surface area (Å²) < 4.78 is 16.8. The number of benzene rings is 3. The molecule has 44 heavy (non-hydrogen) atoms. The summed E-state index contributed by atoms with van der Waals surface area (Å²) in [5, 5.41) is 9.51. The van der Waals surface area contributed by atoms with E-state index in [1.165, 1.54) is 22.3 Å². The van der Waals surface area contributed by atoms with Gasteiger partial charge in [0.15, 0.2) is 0 Å². The van der Waals surface area contributed by atoms with Crippen molar-refractivity contribution in [3.05, 3.63) is 88.5 Å². The Bertz CT molecular complexity index is 1490. The second kappa shape index (κ2) is 13.1. The van der Waals surface area contributed by atoms with Crippen molar-refractivity contribution < 1.29 is 33.7 Å². The van der Waals surface area contributed by atoms with Crippen LogP contribution in [0.2, 0.25) is 0 Å². The zero-order valence-electron chi connectivity index (χ0n) is 25.8. The number of rotatable bonds is 9. The van der Waals surface area contributed by atoms with E-state index in [0.29, 0.717) is 31.7 Å². The molecule has 1 fully saturated rings. The molecule has 1 aliphatic carbocycles. The van der Waals surface area contributed by atoms with Gasteiger partial charge in [-0.1, -0.05) is 54.6 Å². The first kappa shape index (κ1) is 31.1. The van der Waals surface area contributed by atoms with Gasteiger partial charge in [0.05, 0.1) is 13.0 Å². The van der Waals surface area contributed by atoms with Gasteiger partial charge < -0.3 is 29.1 Å². The Morgan fingerprint density at radius 1 is 0.909 bits per heavy atom. The van der Waals surface area contributed by atoms with Crippen LogP contribution in [-0.2, 0) is 36.8 Å². The Kier molecular flexibility index (Phi) is 9.25. The van der Waals surface area contributed by atoms with Crippen LogP contribution in [0.15, 0.2) is 60.7 Å². The van der Waals surface area contributed by atoms with E-state index in [-0.39, 0.29) is 38.3 Å². The normalized spacial score (nSPS) is 14.6. The number of amides is 1. The highest BCUT2D eigenvalue weighted by Gasteiger charge is 2.31. The predicted octanol–water partition coefficient (Wildman–Crippen LogP) is 5.55. The third-order valence-corrected chi connectivity index (χ3v) is 8.01. The highest BCUT2D eigenvalue weighted by Crippen LogP contribution is 2.44. The molecule has 1 amide bonds. The molecule has 0 spiro atoms. The standard InChI is InChI=1S/C35H40N2O7/c1-23-25(19-32(38)39)17-24(20-42-22-33(40)44-35(2,3)4)18-31(23)36-13-15-37(16-14-36)34(41)43-21-30-28-11-7-5-9-26(28)27-10-6-8-12-29(27)30/h5-12,17-18,30H,13-16,19-22H2,1-4H3,(H,38,39). The first-order chi connectivity index (χ1) is 21.0. The number of fused-ring (bicyclic) bond motifs is 3. The van der Waals surface area contributed by atoms with Crippen molar-refractivity contribution in [2.45, 2.75) is 52.2 Å². The molecular weight excluding hydrogens is 560 g/mol. The van der Waals surface area contributed by atoms with E-state index < -0.39 is 17.5 Å². The van der Waals surface area contributed by atoms with Gasteiger partial charge in [-0.2, -0.15) is 0 Å². The van der Waals surface area contributed by atoms with E-state index in [1.807, 2.05) is 43.3 Å². The summed E-state index contributed by atoms with van der Waals surface area (Å²) in [6.45, 7) is 9.60. The van der Waals surface area contributed by atoms with Gasteiger partial charge in [-0.25, -0.2) is 9.59 Å². The minimum absolute atomic E-state index is 0.00298. The SMILES string of the molecule is Cc1c(CC(=O)O)cc(COCC(=O)OC(C)(C)C)cc1N1CCN(C(=O)OCC2c3ccccc3-c3ccccc32)CC1. The monoisotopic (exact) mass is 600 g/mol. The van der Waals surface area contributed by atoms with Crippen LogP contribution in [0.4, 0.5) is 10.5 Å². The third-order valence-electron chi connectivity index (χ3n) is 8.01. The van der Waals surface area contributed by atoms with Crippen molar-refractivity contribution in [1.29, 1.82) is 0 Å². The maximum atomic E-state index is 13.1. The third kappa shape index (κ3) is 7.22. The summed E-state index contributed by atoms with van der Waals surface area (Å²) in [6.07, 6.45) is -0.461. The van der Waals surface area contributed by atoms with Gasteiger partial charge in [-0.15, -0.1) is 0 Å². The molecule has 0 aromatic heterocycles. The zero-order chi connectivity index (χ0) is 31.4. The molecule has 9 heteroatoms. The minimum Gasteiger partial charge on any atom is -0.481 e. The predicted molar refractivity (Wildman–Crippen MR) is 167 cm³/mol. The van der Waals surface area contributed by atoms with Crippen LogP contribution >= 0.6 is 0 Å². The van der Waals surface area contributed by atoms with Gasteiger partial charge in [0.2, 0.25) is 0 Å². The van der Waals surface area contributed by atoms with Crippen LogP contribution in [0.25, 0.3) is 11.1 Å². The number of carbonyl (C=O) groups excluding carboxylic acids is 2. The molecule has 0 bridgehead atoms. The fraction of sp³-hybridized carbons (Fsp3) is 0.400. The average Bonchev–Trinajstić information content (AvgIpc) is 3.30. The van der Waals surface area contributed by atoms with Crippen molar-refractivity contribution in [1.82, 2.24) is 4.90 Å². The van der Waals surface area contributed by atoms with E-state index in [2.05, 4.69) is 29.2 Å². The van der Waals surface area contributed by atoms with Gasteiger partial charge in [-0.05, 0) is 72.7 Å². The van der Waals surface area contributed by atoms with Gasteiger partial charge in [0.25, 0.3) is 0 Å². The molecule has 3 aromatic carbocycles. The first-order valence-electron chi connectivity index (χ1n) is 15.0. The van der Waals surface area contributed by atoms with Gasteiger partial charge >= 0.3 is 18.0 Å². The Hall–Kier alpha value is -4.37. The van der Waals surface area contributed by atoms with Crippen LogP contribution in [0, 0.1) is 6.92 Å². The maximum Gasteiger partial charge on any atom is 0.409 e. The number of carboxylic acids is 1. The van der Waals surface area contributed by atoms with Crippen LogP contribution in [0.1, 0.15) is 54.5 Å². The fourth-order valence-corrected chi connectivity index (χ4v) is 6.02. The number of anilines is 1. The number of nitrogens with zero attached hydrogens (tertiary/aromatic N) is 2. The van der Waals surface area contributed by atoms with Crippen LogP contribution in [0.3, 0.4) is 0 Å². The molecule has 0 atom stereocenters. The van der Waals surface area contributed by atoms with Crippen molar-refractivity contribution >= 4 is 23.7 Å². The lowest BCUT2D eigenvalue weighted by Gasteiger charge is -2.37. The van der Waals surface area contributed by atoms with E-state index in [4.69, 9.17) is 14.2 Å². The topological polar surface area (TPSA) is 106 Å². The van der Waals surface area contributed by atoms with Crippen LogP contribution in [0.5, 0.6) is 0 Å². The molecule has 2 aliphatic rings. The largest absolute Gasteiger partial charge is 0.481 e. The molecule has 0 saturated carbocycles. The Morgan fingerprint density at radius 3 is 2.11 bits per heavy atom. The van der Waals surface area contributed by atoms with E-state index in [1.54, 1.807) is 25.7 Å². The average molecular weight is 601 g/mol. The molecule has 0 unspecified atom stereocenters. The van der Waals surface area contributed by atoms with E-state index >= 15 is 0 Å². The number of hydrogen-bond acceptors (Lipinski definition) is 7. The molecular formula is C35H40N2O7. The second-order valence-electron chi connectivity index (χ2n) is 12.3. The summed E-state index contributed by atoms with van der Waals surface area (Å²) in [7, 11) is 0. The Balaban J connectivity index is 1.21. The minimum atomic E-state index is -0.925. The first-order valence-corrected chi connectivity index (χ1v) is 15.0. The highest BCUT2D eigenvalue weighted by atomic mass is 16.6. The van der Waals surface area contributed by atoms with Crippen molar-refractivity contribution in [3.63, 3.8) is 0 Å². The molecule has 232 valence electrons. The quantitative estimate of drug-likeness (QED) is 0.319. The molecule has 1 aliphatic heterocycles. The highest BCUT2D eigenvalue weighted by molar-refractivity contribution is 5.79. The van der Waals surface area contributed by atoms with Crippen LogP contribution < -0.4 is 4.90 Å². The maximum absolute atomic E-state index is 13.1. The molecule has 0 radical (unpaired) electrons. The molecule has 1 heterocycles. The molecule has 3 aromatic rings. The van der Waals surface area contributed by atoms with Crippen molar-refractivity contribution in [2.24, 2.45) is 0 Å². The fourth-order valence-electron chi connectivity index (χ4n) is 6.02. The number of ether oxygens (including phenoxy) is 3. The van der Waals surface area contributed by atoms with E-state index in [9.17, 15) is 19.5 Å². The van der Waals surface area contributed by atoms with E-state index in [0.717, 1.165) is 16.8 Å². The smallest absolute Gasteiger partial charge is 0.409 e. The van der Waals surface area contributed by atoms with Gasteiger partial charge in [0.1, 0.15) is 18.8 Å². The number of carbonyl (C=O) groups is 3. The Labute approximate surface area is 258 Å². The van der Waals surface area contributed by atoms with Crippen molar-refractivity contribution in [2.75, 3.05) is 44.3 Å². The Morgan fingerprint density at radius 2 is 1.52 bits per heavy atom. The molecule has 5 rings (SSSR count). The lowest BCUT2D eigenvalue weighted by molar-refractivity contribution is -0.160. The second-order valence-corrected chi connectivity index (χ2v) is 12.3. The summed E-state index contributed by atoms with van der Waals surface area (Å²) in [6, 6.07) is 20.3. The number of esters is 1.